The van der Waals surface area contributed by atoms with E-state index in [0.29, 0.717) is 19.4 Å². The maximum absolute atomic E-state index is 10.4. The van der Waals surface area contributed by atoms with Gasteiger partial charge in [-0.05, 0) is 32.2 Å². The summed E-state index contributed by atoms with van der Waals surface area (Å²) in [6.45, 7) is 2.72. The fourth-order valence-electron chi connectivity index (χ4n) is 1.28. The second-order valence-electron chi connectivity index (χ2n) is 4.04. The molecule has 0 spiro atoms. The molecule has 0 fully saturated rings. The molecular weight excluding hydrogens is 226 g/mol. The summed E-state index contributed by atoms with van der Waals surface area (Å²) in [6, 6.07) is -0.787. The number of unbranched alkanes of at least 4 members (excludes halogenated alkanes) is 1. The number of rotatable bonds is 9. The highest BCUT2D eigenvalue weighted by Gasteiger charge is 2.17. The van der Waals surface area contributed by atoms with E-state index < -0.39 is 17.0 Å². The Hall–Kier alpha value is -0.300. The van der Waals surface area contributed by atoms with Gasteiger partial charge < -0.3 is 16.6 Å². The van der Waals surface area contributed by atoms with Crippen LogP contribution in [0.3, 0.4) is 0 Å². The molecule has 0 unspecified atom stereocenters. The molecule has 0 rings (SSSR count). The lowest BCUT2D eigenvalue weighted by Gasteiger charge is -2.25. The lowest BCUT2D eigenvalue weighted by Crippen LogP contribution is -2.49. The van der Waals surface area contributed by atoms with Crippen LogP contribution in [0.2, 0.25) is 0 Å². The Labute approximate surface area is 102 Å². The van der Waals surface area contributed by atoms with Gasteiger partial charge >= 0.3 is 5.97 Å². The molecule has 16 heavy (non-hydrogen) atoms. The fourth-order valence-corrected chi connectivity index (χ4v) is 1.55. The number of carboxylic acid groups (broad SMARTS) is 1. The average Bonchev–Trinajstić information content (AvgIpc) is 2.21. The summed E-state index contributed by atoms with van der Waals surface area (Å²) < 4.78 is 0. The minimum Gasteiger partial charge on any atom is -0.480 e. The second-order valence-corrected chi connectivity index (χ2v) is 4.84. The normalized spacial score (nSPS) is 16.8. The number of carbonyl (C=O) groups is 1. The zero-order chi connectivity index (χ0) is 12.6. The molecule has 0 aromatic rings. The summed E-state index contributed by atoms with van der Waals surface area (Å²) in [5, 5.41) is 11.7. The van der Waals surface area contributed by atoms with Crippen molar-refractivity contribution in [2.75, 3.05) is 6.54 Å². The van der Waals surface area contributed by atoms with E-state index in [9.17, 15) is 4.79 Å². The molecule has 0 radical (unpaired) electrons. The highest BCUT2D eigenvalue weighted by Crippen LogP contribution is 2.12. The van der Waals surface area contributed by atoms with Crippen molar-refractivity contribution in [1.29, 1.82) is 0 Å². The Bertz CT molecular complexity index is 212. The molecule has 0 heterocycles. The maximum atomic E-state index is 10.4. The Balaban J connectivity index is 3.60. The molecule has 6 N–H and O–H groups in total. The van der Waals surface area contributed by atoms with E-state index in [1.54, 1.807) is 0 Å². The van der Waals surface area contributed by atoms with Crippen molar-refractivity contribution >= 4 is 18.6 Å². The van der Waals surface area contributed by atoms with Gasteiger partial charge in [-0.1, -0.05) is 13.3 Å². The third-order valence-electron chi connectivity index (χ3n) is 2.35. The van der Waals surface area contributed by atoms with Gasteiger partial charge in [0, 0.05) is 0 Å². The topological polar surface area (TPSA) is 101 Å². The largest absolute Gasteiger partial charge is 0.480 e. The predicted octanol–water partition coefficient (Wildman–Crippen LogP) is 0.501. The van der Waals surface area contributed by atoms with E-state index in [2.05, 4.69) is 24.9 Å². The summed E-state index contributed by atoms with van der Waals surface area (Å²) in [6.07, 6.45) is 4.00. The van der Waals surface area contributed by atoms with Crippen molar-refractivity contribution in [3.05, 3.63) is 0 Å². The summed E-state index contributed by atoms with van der Waals surface area (Å²) in [7, 11) is 0. The van der Waals surface area contributed by atoms with Crippen LogP contribution < -0.4 is 16.8 Å². The molecule has 0 saturated carbocycles. The van der Waals surface area contributed by atoms with Crippen LogP contribution in [0.15, 0.2) is 0 Å². The molecular formula is C10H23N3O2S. The SMILES string of the molecule is CCCC[C@](N)(S)NCCC[C@H](N)C(=O)O. The molecule has 0 aromatic heterocycles. The van der Waals surface area contributed by atoms with Crippen molar-refractivity contribution in [3.63, 3.8) is 0 Å². The van der Waals surface area contributed by atoms with Crippen LogP contribution in [0.4, 0.5) is 0 Å². The van der Waals surface area contributed by atoms with Crippen LogP contribution in [0.5, 0.6) is 0 Å². The van der Waals surface area contributed by atoms with Crippen LogP contribution in [0.1, 0.15) is 39.0 Å². The number of hydrogen-bond donors (Lipinski definition) is 5. The van der Waals surface area contributed by atoms with Crippen molar-refractivity contribution in [2.45, 2.75) is 50.1 Å². The molecule has 96 valence electrons. The van der Waals surface area contributed by atoms with E-state index in [1.165, 1.54) is 0 Å². The van der Waals surface area contributed by atoms with Crippen molar-refractivity contribution in [1.82, 2.24) is 5.32 Å². The van der Waals surface area contributed by atoms with Gasteiger partial charge in [0.1, 0.15) is 11.0 Å². The van der Waals surface area contributed by atoms with E-state index in [-0.39, 0.29) is 0 Å². The lowest BCUT2D eigenvalue weighted by molar-refractivity contribution is -0.138. The molecule has 0 aromatic carbocycles. The van der Waals surface area contributed by atoms with Crippen LogP contribution >= 0.6 is 12.6 Å². The van der Waals surface area contributed by atoms with E-state index in [0.717, 1.165) is 19.3 Å². The first kappa shape index (κ1) is 15.7. The standard InChI is InChI=1S/C10H23N3O2S/c1-2-3-6-10(12,16)13-7-4-5-8(11)9(14)15/h8,13,16H,2-7,11-12H2,1H3,(H,14,15)/t8-,10+/m0/s1. The summed E-state index contributed by atoms with van der Waals surface area (Å²) in [4.78, 5) is 9.78. The van der Waals surface area contributed by atoms with E-state index >= 15 is 0 Å². The second kappa shape index (κ2) is 7.89. The number of thiol groups is 1. The molecule has 6 heteroatoms. The Kier molecular flexibility index (Phi) is 7.74. The van der Waals surface area contributed by atoms with Gasteiger partial charge in [-0.2, -0.15) is 0 Å². The highest BCUT2D eigenvalue weighted by molar-refractivity contribution is 7.81. The molecule has 0 saturated heterocycles. The third kappa shape index (κ3) is 7.92. The molecule has 0 aliphatic heterocycles. The van der Waals surface area contributed by atoms with E-state index in [1.807, 2.05) is 0 Å². The summed E-state index contributed by atoms with van der Waals surface area (Å²) in [5.41, 5.74) is 11.3. The Morgan fingerprint density at radius 3 is 2.69 bits per heavy atom. The first-order chi connectivity index (χ1) is 7.39. The number of aliphatic carboxylic acids is 1. The van der Waals surface area contributed by atoms with Crippen LogP contribution in [0.25, 0.3) is 0 Å². The lowest BCUT2D eigenvalue weighted by atomic mass is 10.1. The summed E-state index contributed by atoms with van der Waals surface area (Å²) in [5.74, 6) is -0.962. The van der Waals surface area contributed by atoms with Crippen LogP contribution in [-0.2, 0) is 4.79 Å². The molecule has 5 nitrogen and oxygen atoms in total. The quantitative estimate of drug-likeness (QED) is 0.233. The van der Waals surface area contributed by atoms with Crippen molar-refractivity contribution in [2.24, 2.45) is 11.5 Å². The highest BCUT2D eigenvalue weighted by atomic mass is 32.1. The summed E-state index contributed by atoms with van der Waals surface area (Å²) >= 11 is 4.31. The van der Waals surface area contributed by atoms with Crippen LogP contribution in [-0.4, -0.2) is 28.7 Å². The number of hydrogen-bond acceptors (Lipinski definition) is 5. The minimum atomic E-state index is -0.962. The zero-order valence-electron chi connectivity index (χ0n) is 9.78. The fraction of sp³-hybridized carbons (Fsp3) is 0.900. The monoisotopic (exact) mass is 249 g/mol. The molecule has 0 bridgehead atoms. The number of carboxylic acids is 1. The van der Waals surface area contributed by atoms with Crippen molar-refractivity contribution < 1.29 is 9.90 Å². The minimum absolute atomic E-state index is 0.444. The van der Waals surface area contributed by atoms with Gasteiger partial charge in [-0.15, -0.1) is 12.6 Å². The predicted molar refractivity (Wildman–Crippen MR) is 68.3 cm³/mol. The Morgan fingerprint density at radius 2 is 2.19 bits per heavy atom. The van der Waals surface area contributed by atoms with Crippen molar-refractivity contribution in [3.8, 4) is 0 Å². The smallest absolute Gasteiger partial charge is 0.320 e. The van der Waals surface area contributed by atoms with Gasteiger partial charge in [0.25, 0.3) is 0 Å². The average molecular weight is 249 g/mol. The Morgan fingerprint density at radius 1 is 1.56 bits per heavy atom. The van der Waals surface area contributed by atoms with E-state index in [4.69, 9.17) is 16.6 Å². The van der Waals surface area contributed by atoms with Gasteiger partial charge in [-0.3, -0.25) is 10.1 Å². The molecule has 0 aliphatic rings. The first-order valence-electron chi connectivity index (χ1n) is 5.63. The molecule has 2 atom stereocenters. The van der Waals surface area contributed by atoms with Gasteiger partial charge in [0.05, 0.1) is 0 Å². The maximum Gasteiger partial charge on any atom is 0.320 e. The number of nitrogens with one attached hydrogen (secondary N) is 1. The van der Waals surface area contributed by atoms with Gasteiger partial charge in [0.2, 0.25) is 0 Å². The molecule has 0 aliphatic carbocycles. The van der Waals surface area contributed by atoms with Gasteiger partial charge in [0.15, 0.2) is 0 Å². The van der Waals surface area contributed by atoms with Crippen LogP contribution in [0, 0.1) is 0 Å². The molecule has 0 amide bonds. The van der Waals surface area contributed by atoms with Gasteiger partial charge in [-0.25, -0.2) is 0 Å². The first-order valence-corrected chi connectivity index (χ1v) is 6.08. The number of nitrogens with two attached hydrogens (primary N) is 2. The zero-order valence-corrected chi connectivity index (χ0v) is 10.7. The third-order valence-corrected chi connectivity index (χ3v) is 2.73.